The average molecular weight is 411 g/mol. The first kappa shape index (κ1) is 20.2. The number of rotatable bonds is 2. The maximum Gasteiger partial charge on any atom is 0.179 e. The van der Waals surface area contributed by atoms with Gasteiger partial charge >= 0.3 is 0 Å². The molecule has 0 spiro atoms. The van der Waals surface area contributed by atoms with Crippen LogP contribution in [-0.4, -0.2) is 45.0 Å². The van der Waals surface area contributed by atoms with Crippen molar-refractivity contribution in [1.29, 1.82) is 0 Å². The van der Waals surface area contributed by atoms with Crippen LogP contribution in [0, 0.1) is 28.6 Å². The van der Waals surface area contributed by atoms with Gasteiger partial charge in [0, 0.05) is 16.7 Å². The lowest BCUT2D eigenvalue weighted by molar-refractivity contribution is -0.218. The molecule has 8 atom stereocenters. The summed E-state index contributed by atoms with van der Waals surface area (Å²) in [6.45, 7) is 5.38. The lowest BCUT2D eigenvalue weighted by Crippen LogP contribution is -2.69. The molecule has 154 valence electrons. The molecule has 6 heteroatoms. The molecule has 0 amide bonds. The number of aliphatic hydroxyl groups is 2. The monoisotopic (exact) mass is 410 g/mol. The van der Waals surface area contributed by atoms with E-state index in [9.17, 15) is 19.8 Å². The van der Waals surface area contributed by atoms with Crippen molar-refractivity contribution in [3.8, 4) is 0 Å². The van der Waals surface area contributed by atoms with Crippen molar-refractivity contribution < 1.29 is 24.2 Å². The van der Waals surface area contributed by atoms with E-state index in [2.05, 4.69) is 0 Å². The fraction of sp³-hybridized carbons (Fsp3) is 0.727. The number of halogens is 2. The Labute approximate surface area is 169 Å². The van der Waals surface area contributed by atoms with E-state index in [0.717, 1.165) is 5.57 Å². The van der Waals surface area contributed by atoms with Crippen LogP contribution >= 0.6 is 11.6 Å². The molecule has 0 aromatic rings. The molecule has 0 heterocycles. The molecule has 0 aromatic heterocycles. The van der Waals surface area contributed by atoms with Crippen LogP contribution in [0.5, 0.6) is 0 Å². The first-order valence-electron chi connectivity index (χ1n) is 10.1. The SMILES string of the molecule is C[C@@H]1C[C@@H]2[C@H]3CCC4=CC(=O)C=C[C@@]4(C)[C@]3(F)[C@H](O)C[C@@]2(C)[C@]1(O)C(=O)CCl. The summed E-state index contributed by atoms with van der Waals surface area (Å²) in [5.41, 5.74) is -4.90. The minimum atomic E-state index is -1.95. The maximum atomic E-state index is 16.9. The summed E-state index contributed by atoms with van der Waals surface area (Å²) >= 11 is 5.81. The number of allylic oxidation sites excluding steroid dienone is 4. The number of aliphatic hydroxyl groups excluding tert-OH is 1. The topological polar surface area (TPSA) is 74.6 Å². The number of Topliss-reactive ketones (excluding diaryl/α,β-unsaturated/α-hetero) is 1. The van der Waals surface area contributed by atoms with Crippen LogP contribution in [0.15, 0.2) is 23.8 Å². The predicted molar refractivity (Wildman–Crippen MR) is 104 cm³/mol. The quantitative estimate of drug-likeness (QED) is 0.686. The Morgan fingerprint density at radius 1 is 1.36 bits per heavy atom. The minimum absolute atomic E-state index is 0.0151. The molecule has 0 saturated heterocycles. The third-order valence-electron chi connectivity index (χ3n) is 8.77. The van der Waals surface area contributed by atoms with Crippen molar-refractivity contribution in [1.82, 2.24) is 0 Å². The van der Waals surface area contributed by atoms with E-state index in [0.29, 0.717) is 19.3 Å². The largest absolute Gasteiger partial charge is 0.390 e. The lowest BCUT2D eigenvalue weighted by Gasteiger charge is -2.62. The zero-order chi connectivity index (χ0) is 20.7. The molecule has 0 unspecified atom stereocenters. The molecule has 4 nitrogen and oxygen atoms in total. The second-order valence-corrected chi connectivity index (χ2v) is 9.99. The van der Waals surface area contributed by atoms with Gasteiger partial charge in [-0.25, -0.2) is 4.39 Å². The third kappa shape index (κ3) is 2.08. The van der Waals surface area contributed by atoms with E-state index in [1.165, 1.54) is 12.2 Å². The fourth-order valence-electron chi connectivity index (χ4n) is 7.24. The van der Waals surface area contributed by atoms with Gasteiger partial charge in [-0.3, -0.25) is 9.59 Å². The second-order valence-electron chi connectivity index (χ2n) is 9.72. The third-order valence-corrected chi connectivity index (χ3v) is 9.01. The molecular formula is C22H28ClFO4. The van der Waals surface area contributed by atoms with Gasteiger partial charge in [0.1, 0.15) is 5.60 Å². The molecule has 3 saturated carbocycles. The molecule has 4 aliphatic rings. The van der Waals surface area contributed by atoms with Crippen LogP contribution in [0.4, 0.5) is 4.39 Å². The molecule has 0 aromatic carbocycles. The van der Waals surface area contributed by atoms with Gasteiger partial charge in [-0.05, 0) is 56.6 Å². The fourth-order valence-corrected chi connectivity index (χ4v) is 7.45. The Bertz CT molecular complexity index is 808. The highest BCUT2D eigenvalue weighted by atomic mass is 35.5. The summed E-state index contributed by atoms with van der Waals surface area (Å²) < 4.78 is 16.9. The van der Waals surface area contributed by atoms with Crippen LogP contribution in [0.2, 0.25) is 0 Å². The number of alkyl halides is 2. The smallest absolute Gasteiger partial charge is 0.179 e. The summed E-state index contributed by atoms with van der Waals surface area (Å²) in [7, 11) is 0. The highest BCUT2D eigenvalue weighted by molar-refractivity contribution is 6.29. The zero-order valence-corrected chi connectivity index (χ0v) is 17.3. The van der Waals surface area contributed by atoms with E-state index in [4.69, 9.17) is 11.6 Å². The normalized spacial score (nSPS) is 52.5. The van der Waals surface area contributed by atoms with Crippen molar-refractivity contribution in [2.75, 3.05) is 5.88 Å². The Hall–Kier alpha value is -1.04. The summed E-state index contributed by atoms with van der Waals surface area (Å²) in [5, 5.41) is 22.6. The van der Waals surface area contributed by atoms with Crippen LogP contribution in [0.25, 0.3) is 0 Å². The Morgan fingerprint density at radius 2 is 2.04 bits per heavy atom. The highest BCUT2D eigenvalue weighted by Crippen LogP contribution is 2.70. The summed E-state index contributed by atoms with van der Waals surface area (Å²) in [6, 6.07) is 0. The van der Waals surface area contributed by atoms with Crippen molar-refractivity contribution in [2.45, 2.75) is 63.8 Å². The van der Waals surface area contributed by atoms with Gasteiger partial charge < -0.3 is 10.2 Å². The molecule has 28 heavy (non-hydrogen) atoms. The Kier molecular flexibility index (Phi) is 4.33. The van der Waals surface area contributed by atoms with Gasteiger partial charge in [-0.1, -0.05) is 25.5 Å². The van der Waals surface area contributed by atoms with Crippen molar-refractivity contribution in [3.63, 3.8) is 0 Å². The Morgan fingerprint density at radius 3 is 2.68 bits per heavy atom. The van der Waals surface area contributed by atoms with Gasteiger partial charge in [0.15, 0.2) is 17.2 Å². The average Bonchev–Trinajstić information content (AvgIpc) is 2.84. The number of carbonyl (C=O) groups excluding carboxylic acids is 2. The standard InChI is InChI=1S/C22H28ClFO4/c1-12-8-16-15-5-4-13-9-14(25)6-7-19(13,2)21(15,24)17(26)10-20(16,3)22(12,28)18(27)11-23/h6-7,9,12,15-17,26,28H,4-5,8,10-11H2,1-3H3/t12-,15-,16-,17-,19-,20-,21-,22-/m1/s1. The summed E-state index contributed by atoms with van der Waals surface area (Å²) in [4.78, 5) is 24.5. The molecule has 4 aliphatic carbocycles. The number of ketones is 2. The predicted octanol–water partition coefficient (Wildman–Crippen LogP) is 3.14. The number of hydrogen-bond acceptors (Lipinski definition) is 4. The number of fused-ring (bicyclic) bond motifs is 5. The van der Waals surface area contributed by atoms with E-state index >= 15 is 4.39 Å². The maximum absolute atomic E-state index is 16.9. The molecule has 3 fully saturated rings. The molecule has 4 rings (SSSR count). The molecule has 0 radical (unpaired) electrons. The number of carbonyl (C=O) groups is 2. The minimum Gasteiger partial charge on any atom is -0.390 e. The zero-order valence-electron chi connectivity index (χ0n) is 16.5. The van der Waals surface area contributed by atoms with E-state index < -0.39 is 39.9 Å². The van der Waals surface area contributed by atoms with Crippen molar-refractivity contribution in [3.05, 3.63) is 23.8 Å². The van der Waals surface area contributed by atoms with E-state index in [1.54, 1.807) is 13.0 Å². The van der Waals surface area contributed by atoms with Gasteiger partial charge in [0.25, 0.3) is 0 Å². The lowest BCUT2D eigenvalue weighted by atomic mass is 9.44. The second kappa shape index (κ2) is 5.99. The Balaban J connectivity index is 1.84. The van der Waals surface area contributed by atoms with Crippen molar-refractivity contribution in [2.24, 2.45) is 28.6 Å². The van der Waals surface area contributed by atoms with Gasteiger partial charge in [-0.15, -0.1) is 11.6 Å². The van der Waals surface area contributed by atoms with E-state index in [-0.39, 0.29) is 29.9 Å². The molecule has 2 N–H and O–H groups in total. The first-order valence-corrected chi connectivity index (χ1v) is 10.6. The van der Waals surface area contributed by atoms with Crippen LogP contribution in [-0.2, 0) is 9.59 Å². The highest BCUT2D eigenvalue weighted by Gasteiger charge is 2.75. The summed E-state index contributed by atoms with van der Waals surface area (Å²) in [5.74, 6) is -2.03. The van der Waals surface area contributed by atoms with Crippen molar-refractivity contribution >= 4 is 23.2 Å². The number of hydrogen-bond donors (Lipinski definition) is 2. The van der Waals surface area contributed by atoms with Crippen LogP contribution in [0.3, 0.4) is 0 Å². The molecular weight excluding hydrogens is 383 g/mol. The molecule has 0 bridgehead atoms. The van der Waals surface area contributed by atoms with Gasteiger partial charge in [0.05, 0.1) is 12.0 Å². The van der Waals surface area contributed by atoms with Crippen LogP contribution < -0.4 is 0 Å². The van der Waals surface area contributed by atoms with Crippen LogP contribution in [0.1, 0.15) is 46.5 Å². The first-order chi connectivity index (χ1) is 13.0. The van der Waals surface area contributed by atoms with Gasteiger partial charge in [-0.2, -0.15) is 0 Å². The molecule has 0 aliphatic heterocycles. The van der Waals surface area contributed by atoms with Gasteiger partial charge in [0.2, 0.25) is 0 Å². The summed E-state index contributed by atoms with van der Waals surface area (Å²) in [6.07, 6.45) is 4.69. The van der Waals surface area contributed by atoms with E-state index in [1.807, 2.05) is 13.8 Å².